The highest BCUT2D eigenvalue weighted by Gasteiger charge is 2.35. The van der Waals surface area contributed by atoms with Gasteiger partial charge in [0.15, 0.2) is 6.61 Å². The van der Waals surface area contributed by atoms with Crippen molar-refractivity contribution in [2.75, 3.05) is 13.2 Å². The first-order valence-corrected chi connectivity index (χ1v) is 10.5. The number of likely N-dealkylation sites (tertiary alicyclic amines) is 1. The lowest BCUT2D eigenvalue weighted by Crippen LogP contribution is -2.50. The van der Waals surface area contributed by atoms with Crippen LogP contribution in [0.25, 0.3) is 0 Å². The van der Waals surface area contributed by atoms with Crippen molar-refractivity contribution in [3.8, 4) is 6.07 Å². The first-order valence-electron chi connectivity index (χ1n) is 10.5. The Morgan fingerprint density at radius 2 is 1.93 bits per heavy atom. The lowest BCUT2D eigenvalue weighted by molar-refractivity contribution is -0.154. The highest BCUT2D eigenvalue weighted by atomic mass is 16.5. The molecule has 1 amide bonds. The van der Waals surface area contributed by atoms with Gasteiger partial charge in [0.25, 0.3) is 11.5 Å². The normalized spacial score (nSPS) is 21.2. The summed E-state index contributed by atoms with van der Waals surface area (Å²) in [5.74, 6) is 0.0508. The maximum atomic E-state index is 12.6. The molecule has 7 nitrogen and oxygen atoms in total. The Morgan fingerprint density at radius 3 is 2.69 bits per heavy atom. The fourth-order valence-corrected chi connectivity index (χ4v) is 4.88. The van der Waals surface area contributed by atoms with Gasteiger partial charge in [0.05, 0.1) is 0 Å². The number of nitrogens with zero attached hydrogens (tertiary/aromatic N) is 2. The van der Waals surface area contributed by atoms with E-state index in [0.717, 1.165) is 31.4 Å². The van der Waals surface area contributed by atoms with E-state index in [1.807, 2.05) is 11.0 Å². The maximum Gasteiger partial charge on any atom is 0.306 e. The van der Waals surface area contributed by atoms with Gasteiger partial charge in [0.1, 0.15) is 11.6 Å². The molecule has 2 aliphatic rings. The number of amides is 1. The van der Waals surface area contributed by atoms with E-state index in [4.69, 9.17) is 10.00 Å². The molecule has 1 aromatic heterocycles. The zero-order valence-corrected chi connectivity index (χ0v) is 17.3. The van der Waals surface area contributed by atoms with Crippen molar-refractivity contribution in [2.24, 2.45) is 5.92 Å². The molecule has 0 aromatic carbocycles. The molecule has 3 rings (SSSR count). The van der Waals surface area contributed by atoms with Crippen LogP contribution in [-0.2, 0) is 20.7 Å². The average Bonchev–Trinajstić information content (AvgIpc) is 2.71. The average molecular weight is 399 g/mol. The fraction of sp³-hybridized carbons (Fsp3) is 0.636. The molecule has 2 atom stereocenters. The Labute approximate surface area is 171 Å². The molecule has 0 bridgehead atoms. The number of piperidine rings is 1. The Bertz CT molecular complexity index is 881. The lowest BCUT2D eigenvalue weighted by Gasteiger charge is -2.44. The number of hydrogen-bond acceptors (Lipinski definition) is 5. The Hall–Kier alpha value is -2.62. The van der Waals surface area contributed by atoms with Crippen LogP contribution < -0.4 is 5.56 Å². The molecule has 156 valence electrons. The van der Waals surface area contributed by atoms with Crippen molar-refractivity contribution in [1.82, 2.24) is 9.88 Å². The molecule has 2 heterocycles. The third kappa shape index (κ3) is 4.69. The van der Waals surface area contributed by atoms with Crippen LogP contribution in [-0.4, -0.2) is 41.0 Å². The van der Waals surface area contributed by atoms with E-state index in [0.29, 0.717) is 29.6 Å². The molecule has 1 aliphatic carbocycles. The molecule has 1 aromatic rings. The number of carbonyl (C=O) groups excluding carboxylic acids is 2. The molecule has 0 unspecified atom stereocenters. The van der Waals surface area contributed by atoms with Gasteiger partial charge in [-0.2, -0.15) is 5.26 Å². The van der Waals surface area contributed by atoms with Crippen LogP contribution in [0, 0.1) is 31.1 Å². The number of carbonyl (C=O) groups is 2. The second-order valence-electron chi connectivity index (χ2n) is 8.17. The topological polar surface area (TPSA) is 103 Å². The highest BCUT2D eigenvalue weighted by Crippen LogP contribution is 2.35. The van der Waals surface area contributed by atoms with Gasteiger partial charge in [-0.05, 0) is 63.0 Å². The Morgan fingerprint density at radius 1 is 1.21 bits per heavy atom. The first kappa shape index (κ1) is 21.1. The zero-order valence-electron chi connectivity index (χ0n) is 17.3. The number of ether oxygens (including phenoxy) is 1. The molecule has 1 aliphatic heterocycles. The van der Waals surface area contributed by atoms with Gasteiger partial charge < -0.3 is 14.6 Å². The molecule has 0 radical (unpaired) electrons. The van der Waals surface area contributed by atoms with E-state index < -0.39 is 11.5 Å². The number of aromatic amines is 1. The minimum Gasteiger partial charge on any atom is -0.456 e. The van der Waals surface area contributed by atoms with Crippen molar-refractivity contribution in [3.05, 3.63) is 32.7 Å². The van der Waals surface area contributed by atoms with E-state index >= 15 is 0 Å². The number of fused-ring (bicyclic) bond motifs is 1. The monoisotopic (exact) mass is 399 g/mol. The molecule has 1 saturated heterocycles. The van der Waals surface area contributed by atoms with Crippen LogP contribution in [0.1, 0.15) is 67.3 Å². The smallest absolute Gasteiger partial charge is 0.306 e. The van der Waals surface area contributed by atoms with Crippen molar-refractivity contribution in [2.45, 2.75) is 71.3 Å². The number of aromatic nitrogens is 1. The van der Waals surface area contributed by atoms with Crippen LogP contribution in [0.4, 0.5) is 0 Å². The highest BCUT2D eigenvalue weighted by molar-refractivity contribution is 5.81. The van der Waals surface area contributed by atoms with Crippen molar-refractivity contribution >= 4 is 11.9 Å². The van der Waals surface area contributed by atoms with E-state index in [1.54, 1.807) is 13.8 Å². The predicted molar refractivity (Wildman–Crippen MR) is 107 cm³/mol. The third-order valence-electron chi connectivity index (χ3n) is 6.42. The number of hydrogen-bond donors (Lipinski definition) is 1. The van der Waals surface area contributed by atoms with Crippen LogP contribution in [0.5, 0.6) is 0 Å². The summed E-state index contributed by atoms with van der Waals surface area (Å²) >= 11 is 0. The largest absolute Gasteiger partial charge is 0.456 e. The second kappa shape index (κ2) is 9.25. The predicted octanol–water partition coefficient (Wildman–Crippen LogP) is 2.52. The number of nitriles is 1. The molecular weight excluding hydrogens is 370 g/mol. The Balaban J connectivity index is 1.53. The summed E-state index contributed by atoms with van der Waals surface area (Å²) in [6, 6.07) is 2.21. The molecule has 1 N–H and O–H groups in total. The standard InChI is InChI=1S/C22H29N3O4/c1-14-17(15(2)24-22(28)18(14)12-23)9-10-21(27)29-13-20(26)25-11-5-7-16-6-3-4-8-19(16)25/h16,19H,3-11,13H2,1-2H3,(H,24,28)/t16-,19-/m0/s1. The summed E-state index contributed by atoms with van der Waals surface area (Å²) in [5, 5.41) is 9.14. The minimum atomic E-state index is -0.445. The van der Waals surface area contributed by atoms with Crippen LogP contribution in [0.2, 0.25) is 0 Å². The quantitative estimate of drug-likeness (QED) is 0.766. The zero-order chi connectivity index (χ0) is 21.0. The van der Waals surface area contributed by atoms with Gasteiger partial charge >= 0.3 is 5.97 Å². The van der Waals surface area contributed by atoms with E-state index in [-0.39, 0.29) is 24.5 Å². The molecular formula is C22H29N3O4. The number of rotatable bonds is 5. The summed E-state index contributed by atoms with van der Waals surface area (Å²) in [6.07, 6.45) is 7.31. The summed E-state index contributed by atoms with van der Waals surface area (Å²) in [4.78, 5) is 41.2. The fourth-order valence-electron chi connectivity index (χ4n) is 4.88. The minimum absolute atomic E-state index is 0.0706. The van der Waals surface area contributed by atoms with Gasteiger partial charge in [-0.15, -0.1) is 0 Å². The molecule has 29 heavy (non-hydrogen) atoms. The summed E-state index contributed by atoms with van der Waals surface area (Å²) < 4.78 is 5.25. The maximum absolute atomic E-state index is 12.6. The van der Waals surface area contributed by atoms with E-state index in [9.17, 15) is 14.4 Å². The number of H-pyrrole nitrogens is 1. The SMILES string of the molecule is Cc1[nH]c(=O)c(C#N)c(C)c1CCC(=O)OCC(=O)N1CCC[C@@H]2CCCC[C@@H]21. The van der Waals surface area contributed by atoms with Crippen molar-refractivity contribution in [3.63, 3.8) is 0 Å². The number of nitrogens with one attached hydrogen (secondary N) is 1. The van der Waals surface area contributed by atoms with Crippen LogP contribution in [0.15, 0.2) is 4.79 Å². The van der Waals surface area contributed by atoms with Gasteiger partial charge in [-0.1, -0.05) is 12.8 Å². The molecule has 0 spiro atoms. The molecule has 1 saturated carbocycles. The van der Waals surface area contributed by atoms with Crippen LogP contribution >= 0.6 is 0 Å². The lowest BCUT2D eigenvalue weighted by atomic mass is 9.78. The van der Waals surface area contributed by atoms with Crippen molar-refractivity contribution in [1.29, 1.82) is 5.26 Å². The Kier molecular flexibility index (Phi) is 6.73. The van der Waals surface area contributed by atoms with E-state index in [2.05, 4.69) is 4.98 Å². The molecule has 2 fully saturated rings. The summed E-state index contributed by atoms with van der Waals surface area (Å²) in [6.45, 7) is 4.00. The number of pyridine rings is 1. The number of esters is 1. The summed E-state index contributed by atoms with van der Waals surface area (Å²) in [7, 11) is 0. The van der Waals surface area contributed by atoms with Gasteiger partial charge in [0, 0.05) is 24.7 Å². The summed E-state index contributed by atoms with van der Waals surface area (Å²) in [5.41, 5.74) is 1.66. The van der Waals surface area contributed by atoms with Crippen LogP contribution in [0.3, 0.4) is 0 Å². The van der Waals surface area contributed by atoms with Gasteiger partial charge in [-0.25, -0.2) is 0 Å². The second-order valence-corrected chi connectivity index (χ2v) is 8.17. The van der Waals surface area contributed by atoms with Gasteiger partial charge in [-0.3, -0.25) is 14.4 Å². The van der Waals surface area contributed by atoms with E-state index in [1.165, 1.54) is 19.3 Å². The van der Waals surface area contributed by atoms with Crippen molar-refractivity contribution < 1.29 is 14.3 Å². The van der Waals surface area contributed by atoms with Gasteiger partial charge in [0.2, 0.25) is 0 Å². The number of aryl methyl sites for hydroxylation is 1. The third-order valence-corrected chi connectivity index (χ3v) is 6.42. The molecule has 7 heteroatoms. The first-order chi connectivity index (χ1) is 13.9.